The van der Waals surface area contributed by atoms with Crippen LogP contribution in [0.15, 0.2) is 69.8 Å². The van der Waals surface area contributed by atoms with Crippen molar-refractivity contribution in [3.63, 3.8) is 0 Å². The second-order valence-corrected chi connectivity index (χ2v) is 7.46. The lowest BCUT2D eigenvalue weighted by atomic mass is 10.1. The van der Waals surface area contributed by atoms with Gasteiger partial charge in [0.25, 0.3) is 0 Å². The van der Waals surface area contributed by atoms with Crippen LogP contribution in [-0.4, -0.2) is 25.2 Å². The molecule has 3 heterocycles. The molecule has 3 aromatic heterocycles. The Morgan fingerprint density at radius 3 is 2.74 bits per heavy atom. The van der Waals surface area contributed by atoms with E-state index in [-0.39, 0.29) is 5.92 Å². The number of fused-ring (bicyclic) bond motifs is 1. The number of oxazole rings is 1. The van der Waals surface area contributed by atoms with Gasteiger partial charge in [0.1, 0.15) is 41.5 Å². The van der Waals surface area contributed by atoms with E-state index < -0.39 is 0 Å². The summed E-state index contributed by atoms with van der Waals surface area (Å²) >= 11 is 0. The molecule has 0 aliphatic carbocycles. The van der Waals surface area contributed by atoms with E-state index in [0.29, 0.717) is 24.8 Å². The molecule has 5 aromatic rings. The molecule has 5 rings (SSSR count). The first-order chi connectivity index (χ1) is 15.2. The molecule has 2 aromatic carbocycles. The first-order valence-electron chi connectivity index (χ1n) is 10.0. The van der Waals surface area contributed by atoms with Crippen LogP contribution in [0.25, 0.3) is 22.4 Å². The van der Waals surface area contributed by atoms with Crippen LogP contribution in [0.3, 0.4) is 0 Å². The van der Waals surface area contributed by atoms with E-state index in [1.807, 2.05) is 61.5 Å². The average molecular weight is 415 g/mol. The molecule has 0 aliphatic heterocycles. The predicted molar refractivity (Wildman–Crippen MR) is 113 cm³/mol. The van der Waals surface area contributed by atoms with Crippen LogP contribution in [0.1, 0.15) is 30.1 Å². The minimum atomic E-state index is 0.134. The number of ether oxygens (including phenoxy) is 1. The van der Waals surface area contributed by atoms with Crippen LogP contribution in [0.5, 0.6) is 5.75 Å². The van der Waals surface area contributed by atoms with E-state index in [2.05, 4.69) is 27.4 Å². The smallest absolute Gasteiger partial charge is 0.226 e. The van der Waals surface area contributed by atoms with Gasteiger partial charge >= 0.3 is 0 Å². The fourth-order valence-corrected chi connectivity index (χ4v) is 3.42. The normalized spacial score (nSPS) is 12.3. The quantitative estimate of drug-likeness (QED) is 0.378. The summed E-state index contributed by atoms with van der Waals surface area (Å²) in [6.45, 7) is 4.93. The molecule has 0 bridgehead atoms. The number of nitrogens with zero attached hydrogens (tertiary/aromatic N) is 5. The maximum Gasteiger partial charge on any atom is 0.226 e. The molecule has 0 saturated carbocycles. The SMILES string of the molecule is Cc1oc(-c2ccccc2)nc1COc1ccc2cc(C(C)Cn3cnnn3)oc2c1. The average Bonchev–Trinajstić information content (AvgIpc) is 3.52. The van der Waals surface area contributed by atoms with Crippen LogP contribution in [-0.2, 0) is 13.2 Å². The molecule has 1 unspecified atom stereocenters. The van der Waals surface area contributed by atoms with Crippen LogP contribution in [0.4, 0.5) is 0 Å². The van der Waals surface area contributed by atoms with Gasteiger partial charge < -0.3 is 13.6 Å². The summed E-state index contributed by atoms with van der Waals surface area (Å²) < 4.78 is 19.5. The summed E-state index contributed by atoms with van der Waals surface area (Å²) in [6, 6.07) is 17.7. The summed E-state index contributed by atoms with van der Waals surface area (Å²) in [5, 5.41) is 12.3. The second-order valence-electron chi connectivity index (χ2n) is 7.46. The van der Waals surface area contributed by atoms with Gasteiger partial charge in [-0.1, -0.05) is 25.1 Å². The van der Waals surface area contributed by atoms with E-state index in [1.165, 1.54) is 0 Å². The Labute approximate surface area is 178 Å². The third-order valence-corrected chi connectivity index (χ3v) is 5.14. The van der Waals surface area contributed by atoms with Gasteiger partial charge in [0, 0.05) is 22.9 Å². The second kappa shape index (κ2) is 8.06. The largest absolute Gasteiger partial charge is 0.487 e. The summed E-state index contributed by atoms with van der Waals surface area (Å²) in [4.78, 5) is 4.59. The van der Waals surface area contributed by atoms with Gasteiger partial charge in [0.15, 0.2) is 0 Å². The van der Waals surface area contributed by atoms with E-state index in [1.54, 1.807) is 11.0 Å². The lowest BCUT2D eigenvalue weighted by Crippen LogP contribution is -2.06. The Kier molecular flexibility index (Phi) is 4.95. The molecule has 0 spiro atoms. The van der Waals surface area contributed by atoms with E-state index >= 15 is 0 Å². The number of furan rings is 1. The van der Waals surface area contributed by atoms with Crippen LogP contribution in [0.2, 0.25) is 0 Å². The minimum Gasteiger partial charge on any atom is -0.487 e. The molecule has 8 heteroatoms. The van der Waals surface area contributed by atoms with Crippen LogP contribution < -0.4 is 4.74 Å². The van der Waals surface area contributed by atoms with Gasteiger partial charge in [-0.15, -0.1) is 5.10 Å². The third kappa shape index (κ3) is 4.05. The van der Waals surface area contributed by atoms with E-state index in [9.17, 15) is 0 Å². The summed E-state index contributed by atoms with van der Waals surface area (Å²) in [5.41, 5.74) is 2.49. The van der Waals surface area contributed by atoms with Gasteiger partial charge in [-0.05, 0) is 47.7 Å². The van der Waals surface area contributed by atoms with Crippen molar-refractivity contribution >= 4 is 11.0 Å². The number of hydrogen-bond donors (Lipinski definition) is 0. The molecule has 0 amide bonds. The topological polar surface area (TPSA) is 92.0 Å². The van der Waals surface area contributed by atoms with E-state index in [0.717, 1.165) is 33.7 Å². The highest BCUT2D eigenvalue weighted by Crippen LogP contribution is 2.29. The Bertz CT molecular complexity index is 1290. The van der Waals surface area contributed by atoms with Crippen LogP contribution >= 0.6 is 0 Å². The predicted octanol–water partition coefficient (Wildman–Crippen LogP) is 4.77. The van der Waals surface area contributed by atoms with Crippen molar-refractivity contribution in [1.29, 1.82) is 0 Å². The third-order valence-electron chi connectivity index (χ3n) is 5.14. The van der Waals surface area contributed by atoms with Gasteiger partial charge in [0.05, 0.1) is 6.54 Å². The molecule has 8 nitrogen and oxygen atoms in total. The summed E-state index contributed by atoms with van der Waals surface area (Å²) in [5.74, 6) is 3.07. The van der Waals surface area contributed by atoms with Crippen molar-refractivity contribution < 1.29 is 13.6 Å². The molecular weight excluding hydrogens is 394 g/mol. The Morgan fingerprint density at radius 2 is 1.94 bits per heavy atom. The summed E-state index contributed by atoms with van der Waals surface area (Å²) in [7, 11) is 0. The van der Waals surface area contributed by atoms with Gasteiger partial charge in [-0.2, -0.15) is 0 Å². The Hall–Kier alpha value is -3.94. The maximum atomic E-state index is 6.06. The fraction of sp³-hybridized carbons (Fsp3) is 0.217. The van der Waals surface area contributed by atoms with E-state index in [4.69, 9.17) is 13.6 Å². The van der Waals surface area contributed by atoms with Crippen molar-refractivity contribution in [1.82, 2.24) is 25.2 Å². The fourth-order valence-electron chi connectivity index (χ4n) is 3.42. The molecule has 1 atom stereocenters. The zero-order valence-corrected chi connectivity index (χ0v) is 17.2. The van der Waals surface area contributed by atoms with Crippen molar-refractivity contribution in [3.8, 4) is 17.2 Å². The molecule has 0 N–H and O–H groups in total. The van der Waals surface area contributed by atoms with Crippen LogP contribution in [0, 0.1) is 6.92 Å². The zero-order chi connectivity index (χ0) is 21.2. The minimum absolute atomic E-state index is 0.134. The lowest BCUT2D eigenvalue weighted by molar-refractivity contribution is 0.299. The molecule has 0 saturated heterocycles. The number of benzene rings is 2. The highest BCUT2D eigenvalue weighted by Gasteiger charge is 2.15. The monoisotopic (exact) mass is 415 g/mol. The molecule has 156 valence electrons. The summed E-state index contributed by atoms with van der Waals surface area (Å²) in [6.07, 6.45) is 1.60. The van der Waals surface area contributed by atoms with Crippen molar-refractivity contribution in [2.24, 2.45) is 0 Å². The standard InChI is InChI=1S/C23H21N5O3/c1-15(12-28-14-24-26-27-28)21-10-18-8-9-19(11-22(18)31-21)29-13-20-16(2)30-23(25-20)17-6-4-3-5-7-17/h3-11,14-15H,12-13H2,1-2H3. The number of aryl methyl sites for hydroxylation is 1. The number of rotatable bonds is 7. The lowest BCUT2D eigenvalue weighted by Gasteiger charge is -2.06. The molecule has 0 radical (unpaired) electrons. The van der Waals surface area contributed by atoms with Crippen molar-refractivity contribution in [2.75, 3.05) is 0 Å². The molecule has 31 heavy (non-hydrogen) atoms. The van der Waals surface area contributed by atoms with Gasteiger partial charge in [-0.3, -0.25) is 0 Å². The molecule has 0 fully saturated rings. The Morgan fingerprint density at radius 1 is 1.06 bits per heavy atom. The van der Waals surface area contributed by atoms with Gasteiger partial charge in [-0.25, -0.2) is 9.67 Å². The first-order valence-corrected chi connectivity index (χ1v) is 10.0. The Balaban J connectivity index is 1.29. The number of tetrazole rings is 1. The first kappa shape index (κ1) is 19.0. The van der Waals surface area contributed by atoms with Crippen molar-refractivity contribution in [3.05, 3.63) is 78.1 Å². The highest BCUT2D eigenvalue weighted by molar-refractivity contribution is 5.79. The molecular formula is C23H21N5O3. The van der Waals surface area contributed by atoms with Crippen molar-refractivity contribution in [2.45, 2.75) is 32.9 Å². The maximum absolute atomic E-state index is 6.06. The molecule has 0 aliphatic rings. The van der Waals surface area contributed by atoms with Gasteiger partial charge in [0.2, 0.25) is 5.89 Å². The number of aromatic nitrogens is 5. The zero-order valence-electron chi connectivity index (χ0n) is 17.2. The number of hydrogen-bond acceptors (Lipinski definition) is 7. The highest BCUT2D eigenvalue weighted by atomic mass is 16.5.